The Kier molecular flexibility index (Phi) is 7.18. The molecule has 3 atom stereocenters. The molecule has 3 amide bonds. The van der Waals surface area contributed by atoms with Crippen LogP contribution < -0.4 is 16.4 Å². The average Bonchev–Trinajstić information content (AvgIpc) is 3.45. The van der Waals surface area contributed by atoms with Crippen molar-refractivity contribution in [2.75, 3.05) is 20.1 Å². The Labute approximate surface area is 175 Å². The second kappa shape index (κ2) is 10.0. The molecule has 0 spiro atoms. The third kappa shape index (κ3) is 5.44. The lowest BCUT2D eigenvalue weighted by molar-refractivity contribution is -0.134. The molecule has 1 aliphatic rings. The number of rotatable bonds is 8. The third-order valence-electron chi connectivity index (χ3n) is 5.30. The lowest BCUT2D eigenvalue weighted by Gasteiger charge is -2.22. The van der Waals surface area contributed by atoms with Crippen molar-refractivity contribution >= 4 is 17.7 Å². The fourth-order valence-electron chi connectivity index (χ4n) is 3.65. The molecule has 2 heterocycles. The molecule has 0 aliphatic carbocycles. The number of likely N-dealkylation sites (tertiary alicyclic amines) is 1. The molecule has 2 unspecified atom stereocenters. The normalized spacial score (nSPS) is 17.9. The van der Waals surface area contributed by atoms with Gasteiger partial charge in [0.2, 0.25) is 17.7 Å². The fraction of sp³-hybridized carbons (Fsp3) is 0.429. The van der Waals surface area contributed by atoms with E-state index in [1.165, 1.54) is 0 Å². The van der Waals surface area contributed by atoms with Crippen LogP contribution in [0.3, 0.4) is 0 Å². The summed E-state index contributed by atoms with van der Waals surface area (Å²) in [6, 6.07) is 9.80. The van der Waals surface area contributed by atoms with Crippen LogP contribution in [0.25, 0.3) is 0 Å². The Balaban J connectivity index is 1.55. The molecule has 1 aromatic heterocycles. The maximum absolute atomic E-state index is 12.7. The summed E-state index contributed by atoms with van der Waals surface area (Å²) in [5.74, 6) is -0.801. The van der Waals surface area contributed by atoms with Crippen LogP contribution >= 0.6 is 0 Å². The molecule has 0 radical (unpaired) electrons. The highest BCUT2D eigenvalue weighted by molar-refractivity contribution is 5.88. The van der Waals surface area contributed by atoms with Gasteiger partial charge in [-0.05, 0) is 18.1 Å². The van der Waals surface area contributed by atoms with E-state index in [0.29, 0.717) is 13.1 Å². The highest BCUT2D eigenvalue weighted by Crippen LogP contribution is 2.21. The molecule has 30 heavy (non-hydrogen) atoms. The smallest absolute Gasteiger partial charge is 0.240 e. The summed E-state index contributed by atoms with van der Waals surface area (Å²) in [5.41, 5.74) is 6.87. The van der Waals surface area contributed by atoms with Gasteiger partial charge in [-0.15, -0.1) is 0 Å². The van der Waals surface area contributed by atoms with Crippen LogP contribution in [0.15, 0.2) is 48.8 Å². The first-order valence-electron chi connectivity index (χ1n) is 10.1. The maximum atomic E-state index is 12.7. The number of nitrogens with two attached hydrogens (primary N) is 1. The van der Waals surface area contributed by atoms with Crippen molar-refractivity contribution in [3.8, 4) is 0 Å². The Morgan fingerprint density at radius 2 is 1.93 bits per heavy atom. The van der Waals surface area contributed by atoms with Gasteiger partial charge in [0.25, 0.3) is 0 Å². The molecule has 1 aromatic carbocycles. The topological polar surface area (TPSA) is 122 Å². The summed E-state index contributed by atoms with van der Waals surface area (Å²) in [7, 11) is 1.55. The standard InChI is InChI=1S/C21H28N6O3/c1-23-19(28)13-18(15-6-3-2-4-7-15)25-20(29)12-17(22)21(30)26-11-8-16(14-26)27-10-5-9-24-27/h2-7,9-10,16-18H,8,11-14,22H2,1H3,(H,23,28)(H,25,29)/t16?,17?,18-/m1/s1. The first-order chi connectivity index (χ1) is 14.5. The first-order valence-corrected chi connectivity index (χ1v) is 10.1. The van der Waals surface area contributed by atoms with Gasteiger partial charge >= 0.3 is 0 Å². The SMILES string of the molecule is CNC(=O)C[C@@H](NC(=O)CC(N)C(=O)N1CCC(n2cccn2)C1)c1ccccc1. The van der Waals surface area contributed by atoms with E-state index in [4.69, 9.17) is 5.73 Å². The van der Waals surface area contributed by atoms with E-state index < -0.39 is 12.1 Å². The molecule has 1 saturated heterocycles. The van der Waals surface area contributed by atoms with E-state index in [9.17, 15) is 14.4 Å². The minimum atomic E-state index is -0.933. The number of nitrogens with one attached hydrogen (secondary N) is 2. The monoisotopic (exact) mass is 412 g/mol. The number of benzene rings is 1. The number of nitrogens with zero attached hydrogens (tertiary/aromatic N) is 3. The van der Waals surface area contributed by atoms with Crippen LogP contribution in [0, 0.1) is 0 Å². The molecule has 0 saturated carbocycles. The van der Waals surface area contributed by atoms with Gasteiger partial charge in [0.1, 0.15) is 0 Å². The van der Waals surface area contributed by atoms with E-state index in [1.807, 2.05) is 47.3 Å². The Morgan fingerprint density at radius 1 is 1.17 bits per heavy atom. The van der Waals surface area contributed by atoms with Crippen molar-refractivity contribution in [3.05, 3.63) is 54.4 Å². The van der Waals surface area contributed by atoms with Gasteiger partial charge in [0.05, 0.1) is 31.0 Å². The summed E-state index contributed by atoms with van der Waals surface area (Å²) < 4.78 is 1.84. The molecular formula is C21H28N6O3. The van der Waals surface area contributed by atoms with Crippen molar-refractivity contribution in [3.63, 3.8) is 0 Å². The zero-order valence-corrected chi connectivity index (χ0v) is 17.0. The van der Waals surface area contributed by atoms with E-state index in [-0.39, 0.29) is 36.6 Å². The van der Waals surface area contributed by atoms with E-state index in [1.54, 1.807) is 18.1 Å². The zero-order valence-electron chi connectivity index (χ0n) is 17.0. The molecular weight excluding hydrogens is 384 g/mol. The van der Waals surface area contributed by atoms with Crippen molar-refractivity contribution in [1.82, 2.24) is 25.3 Å². The van der Waals surface area contributed by atoms with Crippen LogP contribution in [0.4, 0.5) is 0 Å². The summed E-state index contributed by atoms with van der Waals surface area (Å²) in [5, 5.41) is 9.64. The van der Waals surface area contributed by atoms with Crippen LogP contribution in [0.5, 0.6) is 0 Å². The van der Waals surface area contributed by atoms with Crippen molar-refractivity contribution in [2.24, 2.45) is 5.73 Å². The molecule has 1 aliphatic heterocycles. The van der Waals surface area contributed by atoms with E-state index in [2.05, 4.69) is 15.7 Å². The molecule has 9 nitrogen and oxygen atoms in total. The lowest BCUT2D eigenvalue weighted by atomic mass is 10.0. The van der Waals surface area contributed by atoms with E-state index >= 15 is 0 Å². The van der Waals surface area contributed by atoms with Crippen LogP contribution in [0.2, 0.25) is 0 Å². The highest BCUT2D eigenvalue weighted by Gasteiger charge is 2.31. The second-order valence-corrected chi connectivity index (χ2v) is 7.43. The molecule has 160 valence electrons. The van der Waals surface area contributed by atoms with Crippen molar-refractivity contribution in [2.45, 2.75) is 37.4 Å². The van der Waals surface area contributed by atoms with Gasteiger partial charge in [0.15, 0.2) is 0 Å². The molecule has 3 rings (SSSR count). The number of carbonyl (C=O) groups excluding carboxylic acids is 3. The van der Waals surface area contributed by atoms with Crippen LogP contribution in [-0.2, 0) is 14.4 Å². The van der Waals surface area contributed by atoms with Crippen LogP contribution in [-0.4, -0.2) is 58.6 Å². The van der Waals surface area contributed by atoms with Crippen LogP contribution in [0.1, 0.15) is 36.9 Å². The number of aromatic nitrogens is 2. The van der Waals surface area contributed by atoms with E-state index in [0.717, 1.165) is 12.0 Å². The summed E-state index contributed by atoms with van der Waals surface area (Å²) >= 11 is 0. The predicted octanol–water partition coefficient (Wildman–Crippen LogP) is 0.368. The number of carbonyl (C=O) groups is 3. The minimum absolute atomic E-state index is 0.104. The molecule has 2 aromatic rings. The quantitative estimate of drug-likeness (QED) is 0.578. The number of amides is 3. The molecule has 4 N–H and O–H groups in total. The average molecular weight is 412 g/mol. The molecule has 1 fully saturated rings. The minimum Gasteiger partial charge on any atom is -0.359 e. The Hall–Kier alpha value is -3.20. The summed E-state index contributed by atoms with van der Waals surface area (Å²) in [4.78, 5) is 38.8. The lowest BCUT2D eigenvalue weighted by Crippen LogP contribution is -2.46. The van der Waals surface area contributed by atoms with Gasteiger partial charge in [-0.1, -0.05) is 30.3 Å². The number of hydrogen-bond acceptors (Lipinski definition) is 5. The van der Waals surface area contributed by atoms with Gasteiger partial charge in [-0.2, -0.15) is 5.10 Å². The highest BCUT2D eigenvalue weighted by atomic mass is 16.2. The summed E-state index contributed by atoms with van der Waals surface area (Å²) in [6.45, 7) is 1.11. The summed E-state index contributed by atoms with van der Waals surface area (Å²) in [6.07, 6.45) is 4.35. The third-order valence-corrected chi connectivity index (χ3v) is 5.30. The van der Waals surface area contributed by atoms with Gasteiger partial charge in [-0.25, -0.2) is 0 Å². The predicted molar refractivity (Wildman–Crippen MR) is 111 cm³/mol. The van der Waals surface area contributed by atoms with Crippen molar-refractivity contribution < 1.29 is 14.4 Å². The largest absolute Gasteiger partial charge is 0.359 e. The fourth-order valence-corrected chi connectivity index (χ4v) is 3.65. The van der Waals surface area contributed by atoms with Crippen molar-refractivity contribution in [1.29, 1.82) is 0 Å². The van der Waals surface area contributed by atoms with Gasteiger partial charge in [-0.3, -0.25) is 19.1 Å². The Morgan fingerprint density at radius 3 is 2.60 bits per heavy atom. The Bertz CT molecular complexity index is 855. The van der Waals surface area contributed by atoms with Gasteiger partial charge < -0.3 is 21.3 Å². The molecule has 9 heteroatoms. The zero-order chi connectivity index (χ0) is 21.5. The number of hydrogen-bond donors (Lipinski definition) is 3. The first kappa shape index (κ1) is 21.5. The maximum Gasteiger partial charge on any atom is 0.240 e. The van der Waals surface area contributed by atoms with Gasteiger partial charge in [0, 0.05) is 32.5 Å². The molecule has 0 bridgehead atoms. The second-order valence-electron chi connectivity index (χ2n) is 7.43.